The summed E-state index contributed by atoms with van der Waals surface area (Å²) in [4.78, 5) is 8.67. The number of aromatic nitrogens is 1. The maximum atomic E-state index is 6.13. The Bertz CT molecular complexity index is 534. The topological polar surface area (TPSA) is 75.3 Å². The summed E-state index contributed by atoms with van der Waals surface area (Å²) in [6.45, 7) is 5.82. The average Bonchev–Trinajstić information content (AvgIpc) is 2.52. The fraction of sp³-hybridized carbons (Fsp3) is 0.647. The number of fused-ring (bicyclic) bond motifs is 1. The van der Waals surface area contributed by atoms with Crippen molar-refractivity contribution in [2.45, 2.75) is 50.9 Å². The summed E-state index contributed by atoms with van der Waals surface area (Å²) in [6.07, 6.45) is 9.41. The van der Waals surface area contributed by atoms with Gasteiger partial charge in [0, 0.05) is 37.1 Å². The summed E-state index contributed by atoms with van der Waals surface area (Å²) in [5.74, 6) is 0.654. The molecule has 2 aliphatic rings. The molecule has 5 nitrogen and oxygen atoms in total. The zero-order valence-electron chi connectivity index (χ0n) is 13.5. The fourth-order valence-corrected chi connectivity index (χ4v) is 3.35. The van der Waals surface area contributed by atoms with Crippen molar-refractivity contribution in [3.63, 3.8) is 0 Å². The minimum Gasteiger partial charge on any atom is -0.324 e. The van der Waals surface area contributed by atoms with Crippen molar-refractivity contribution in [1.29, 1.82) is 0 Å². The molecule has 22 heavy (non-hydrogen) atoms. The van der Waals surface area contributed by atoms with Crippen molar-refractivity contribution in [2.24, 2.45) is 16.6 Å². The van der Waals surface area contributed by atoms with Gasteiger partial charge in [0.25, 0.3) is 0 Å². The monoisotopic (exact) mass is 301 g/mol. The lowest BCUT2D eigenvalue weighted by Crippen LogP contribution is -2.53. The number of nitrogens with zero attached hydrogens (tertiary/aromatic N) is 2. The Morgan fingerprint density at radius 2 is 2.32 bits per heavy atom. The van der Waals surface area contributed by atoms with Crippen molar-refractivity contribution in [2.75, 3.05) is 13.1 Å². The van der Waals surface area contributed by atoms with Gasteiger partial charge in [-0.1, -0.05) is 0 Å². The summed E-state index contributed by atoms with van der Waals surface area (Å²) in [5.41, 5.74) is 8.56. The molecule has 1 aromatic rings. The Labute approximate surface area is 132 Å². The first-order valence-corrected chi connectivity index (χ1v) is 8.22. The number of rotatable bonds is 4. The van der Waals surface area contributed by atoms with Gasteiger partial charge < -0.3 is 5.73 Å². The predicted molar refractivity (Wildman–Crippen MR) is 90.0 cm³/mol. The lowest BCUT2D eigenvalue weighted by molar-refractivity contribution is 0.258. The average molecular weight is 301 g/mol. The van der Waals surface area contributed by atoms with Crippen LogP contribution < -0.4 is 16.4 Å². The van der Waals surface area contributed by atoms with Gasteiger partial charge in [0.05, 0.1) is 6.17 Å². The van der Waals surface area contributed by atoms with E-state index in [0.717, 1.165) is 25.9 Å². The molecule has 3 unspecified atom stereocenters. The van der Waals surface area contributed by atoms with Gasteiger partial charge in [-0.25, -0.2) is 0 Å². The standard InChI is InChI=1S/C17H27N5/c1-17(2,18)11-21-16-14-5-8-20-10-13(14)9-15(22-16)12-3-6-19-7-4-12/h5-6,8,10,12,15-16,21-22H,3-4,7,9,11,18H2,1-2H3. The Morgan fingerprint density at radius 1 is 1.45 bits per heavy atom. The lowest BCUT2D eigenvalue weighted by atomic mass is 9.83. The number of pyridine rings is 1. The highest BCUT2D eigenvalue weighted by atomic mass is 15.2. The SMILES string of the molecule is CC(C)(N)CNC1NC(C2CC=NCC2)Cc2cnccc21. The molecule has 0 aromatic carbocycles. The largest absolute Gasteiger partial charge is 0.324 e. The van der Waals surface area contributed by atoms with E-state index in [-0.39, 0.29) is 11.7 Å². The van der Waals surface area contributed by atoms with Gasteiger partial charge in [-0.05, 0) is 62.4 Å². The lowest BCUT2D eigenvalue weighted by Gasteiger charge is -2.39. The summed E-state index contributed by atoms with van der Waals surface area (Å²) < 4.78 is 0. The molecule has 5 heteroatoms. The molecule has 0 aliphatic carbocycles. The van der Waals surface area contributed by atoms with Crippen molar-refractivity contribution in [1.82, 2.24) is 15.6 Å². The maximum absolute atomic E-state index is 6.13. The molecule has 0 amide bonds. The van der Waals surface area contributed by atoms with Crippen LogP contribution in [0.4, 0.5) is 0 Å². The molecule has 0 saturated heterocycles. The smallest absolute Gasteiger partial charge is 0.0842 e. The molecule has 4 N–H and O–H groups in total. The first-order chi connectivity index (χ1) is 10.5. The van der Waals surface area contributed by atoms with Crippen LogP contribution in [0.2, 0.25) is 0 Å². The van der Waals surface area contributed by atoms with Gasteiger partial charge in [0.1, 0.15) is 0 Å². The highest BCUT2D eigenvalue weighted by Crippen LogP contribution is 2.29. The third-order valence-corrected chi connectivity index (χ3v) is 4.57. The van der Waals surface area contributed by atoms with Crippen LogP contribution in [0.5, 0.6) is 0 Å². The Kier molecular flexibility index (Phi) is 4.57. The second-order valence-electron chi connectivity index (χ2n) is 7.23. The van der Waals surface area contributed by atoms with Crippen molar-refractivity contribution in [3.05, 3.63) is 29.6 Å². The van der Waals surface area contributed by atoms with Crippen molar-refractivity contribution < 1.29 is 0 Å². The molecule has 2 aliphatic heterocycles. The second kappa shape index (κ2) is 6.44. The highest BCUT2D eigenvalue weighted by molar-refractivity contribution is 5.58. The number of nitrogens with one attached hydrogen (secondary N) is 2. The molecule has 3 rings (SSSR count). The Hall–Kier alpha value is -1.30. The van der Waals surface area contributed by atoms with Crippen LogP contribution in [-0.2, 0) is 6.42 Å². The van der Waals surface area contributed by atoms with Gasteiger partial charge in [-0.2, -0.15) is 0 Å². The molecule has 3 heterocycles. The predicted octanol–water partition coefficient (Wildman–Crippen LogP) is 1.40. The number of hydrogen-bond donors (Lipinski definition) is 3. The number of nitrogens with two attached hydrogens (primary N) is 1. The summed E-state index contributed by atoms with van der Waals surface area (Å²) in [6, 6.07) is 2.59. The van der Waals surface area contributed by atoms with E-state index < -0.39 is 0 Å². The molecule has 0 fully saturated rings. The van der Waals surface area contributed by atoms with E-state index in [0.29, 0.717) is 12.0 Å². The van der Waals surface area contributed by atoms with Gasteiger partial charge >= 0.3 is 0 Å². The Balaban J connectivity index is 1.77. The quantitative estimate of drug-likeness (QED) is 0.786. The van der Waals surface area contributed by atoms with Crippen molar-refractivity contribution in [3.8, 4) is 0 Å². The van der Waals surface area contributed by atoms with Crippen LogP contribution in [0.25, 0.3) is 0 Å². The first kappa shape index (κ1) is 15.6. The zero-order chi connectivity index (χ0) is 15.6. The van der Waals surface area contributed by atoms with Gasteiger partial charge in [0.2, 0.25) is 0 Å². The van der Waals surface area contributed by atoms with Gasteiger partial charge in [0.15, 0.2) is 0 Å². The van der Waals surface area contributed by atoms with Crippen LogP contribution in [0.1, 0.15) is 44.0 Å². The van der Waals surface area contributed by atoms with E-state index in [4.69, 9.17) is 5.73 Å². The van der Waals surface area contributed by atoms with E-state index in [9.17, 15) is 0 Å². The normalized spacial score (nSPS) is 28.4. The van der Waals surface area contributed by atoms with Crippen LogP contribution in [0, 0.1) is 5.92 Å². The number of hydrogen-bond acceptors (Lipinski definition) is 5. The molecule has 0 radical (unpaired) electrons. The number of aliphatic imine (C=N–C) groups is 1. The molecule has 3 atom stereocenters. The molecule has 120 valence electrons. The second-order valence-corrected chi connectivity index (χ2v) is 7.23. The van der Waals surface area contributed by atoms with E-state index in [2.05, 4.69) is 32.9 Å². The Morgan fingerprint density at radius 3 is 3.05 bits per heavy atom. The summed E-state index contributed by atoms with van der Waals surface area (Å²) in [7, 11) is 0. The third kappa shape index (κ3) is 3.72. The van der Waals surface area contributed by atoms with E-state index in [1.165, 1.54) is 17.5 Å². The van der Waals surface area contributed by atoms with E-state index in [1.54, 1.807) is 0 Å². The van der Waals surface area contributed by atoms with E-state index in [1.807, 2.05) is 26.2 Å². The summed E-state index contributed by atoms with van der Waals surface area (Å²) in [5, 5.41) is 7.39. The highest BCUT2D eigenvalue weighted by Gasteiger charge is 2.31. The molecular weight excluding hydrogens is 274 g/mol. The van der Waals surface area contributed by atoms with Crippen LogP contribution in [0.15, 0.2) is 23.5 Å². The maximum Gasteiger partial charge on any atom is 0.0842 e. The zero-order valence-corrected chi connectivity index (χ0v) is 13.5. The molecule has 0 bridgehead atoms. The van der Waals surface area contributed by atoms with Crippen LogP contribution >= 0.6 is 0 Å². The summed E-state index contributed by atoms with van der Waals surface area (Å²) >= 11 is 0. The molecule has 0 saturated carbocycles. The molecule has 0 spiro atoms. The minimum absolute atomic E-state index is 0.151. The fourth-order valence-electron chi connectivity index (χ4n) is 3.35. The molecule has 1 aromatic heterocycles. The van der Waals surface area contributed by atoms with Gasteiger partial charge in [-0.3, -0.25) is 20.6 Å². The van der Waals surface area contributed by atoms with Crippen LogP contribution in [-0.4, -0.2) is 35.9 Å². The van der Waals surface area contributed by atoms with Crippen LogP contribution in [0.3, 0.4) is 0 Å². The third-order valence-electron chi connectivity index (χ3n) is 4.57. The van der Waals surface area contributed by atoms with Gasteiger partial charge in [-0.15, -0.1) is 0 Å². The first-order valence-electron chi connectivity index (χ1n) is 8.22. The molecular formula is C17H27N5. The van der Waals surface area contributed by atoms with Crippen molar-refractivity contribution >= 4 is 6.21 Å². The van der Waals surface area contributed by atoms with E-state index >= 15 is 0 Å². The minimum atomic E-state index is -0.223.